The Morgan fingerprint density at radius 1 is 1.12 bits per heavy atom. The maximum Gasteiger partial charge on any atom is 0.312 e. The van der Waals surface area contributed by atoms with Gasteiger partial charge in [0, 0.05) is 24.2 Å². The number of carbonyl (C=O) groups excluding carboxylic acids is 2. The van der Waals surface area contributed by atoms with Gasteiger partial charge in [-0.15, -0.1) is 10.2 Å². The van der Waals surface area contributed by atoms with Crippen LogP contribution >= 0.6 is 0 Å². The molecule has 1 aromatic heterocycles. The van der Waals surface area contributed by atoms with Crippen molar-refractivity contribution >= 4 is 17.6 Å². The molecule has 3 amide bonds. The summed E-state index contributed by atoms with van der Waals surface area (Å²) in [4.78, 5) is 22.2. The molecule has 4 N–H and O–H groups in total. The van der Waals surface area contributed by atoms with Crippen molar-refractivity contribution < 1.29 is 9.59 Å². The van der Waals surface area contributed by atoms with E-state index in [0.29, 0.717) is 5.69 Å². The molecule has 0 spiro atoms. The number of nitrogens with two attached hydrogens (primary N) is 1. The molecule has 3 rings (SSSR count). The first-order chi connectivity index (χ1) is 11.6. The van der Waals surface area contributed by atoms with Crippen LogP contribution < -0.4 is 16.4 Å². The molecule has 0 aliphatic carbocycles. The topological polar surface area (TPSA) is 115 Å². The van der Waals surface area contributed by atoms with Gasteiger partial charge in [-0.25, -0.2) is 4.79 Å². The summed E-state index contributed by atoms with van der Waals surface area (Å²) in [6.07, 6.45) is 4.47. The van der Waals surface area contributed by atoms with Crippen LogP contribution in [0.5, 0.6) is 0 Å². The summed E-state index contributed by atoms with van der Waals surface area (Å²) in [6.45, 7) is 0.781. The number of carbonyl (C=O) groups is 2. The SMILES string of the molecule is NC(=O)NCC(=O)Nc1ccc(-c2nnc3n2CCCCC3)cc1. The lowest BCUT2D eigenvalue weighted by atomic mass is 10.2. The number of hydrogen-bond donors (Lipinski definition) is 3. The van der Waals surface area contributed by atoms with E-state index >= 15 is 0 Å². The summed E-state index contributed by atoms with van der Waals surface area (Å²) in [5, 5.41) is 13.5. The summed E-state index contributed by atoms with van der Waals surface area (Å²) in [6, 6.07) is 6.68. The van der Waals surface area contributed by atoms with Gasteiger partial charge in [-0.05, 0) is 37.1 Å². The van der Waals surface area contributed by atoms with Crippen molar-refractivity contribution in [2.75, 3.05) is 11.9 Å². The Kier molecular flexibility index (Phi) is 4.74. The molecule has 1 aliphatic rings. The van der Waals surface area contributed by atoms with E-state index in [4.69, 9.17) is 5.73 Å². The van der Waals surface area contributed by atoms with Crippen molar-refractivity contribution in [3.63, 3.8) is 0 Å². The Labute approximate surface area is 139 Å². The van der Waals surface area contributed by atoms with Gasteiger partial charge in [-0.2, -0.15) is 0 Å². The lowest BCUT2D eigenvalue weighted by Crippen LogP contribution is -2.36. The lowest BCUT2D eigenvalue weighted by Gasteiger charge is -2.09. The number of primary amides is 1. The highest BCUT2D eigenvalue weighted by atomic mass is 16.2. The first-order valence-corrected chi connectivity index (χ1v) is 7.99. The van der Waals surface area contributed by atoms with E-state index < -0.39 is 6.03 Å². The first kappa shape index (κ1) is 16.0. The minimum atomic E-state index is -0.729. The van der Waals surface area contributed by atoms with Crippen LogP contribution in [0.1, 0.15) is 25.1 Å². The molecule has 1 aliphatic heterocycles. The number of aryl methyl sites for hydroxylation is 1. The van der Waals surface area contributed by atoms with Gasteiger partial charge in [0.15, 0.2) is 5.82 Å². The van der Waals surface area contributed by atoms with Crippen LogP contribution in [0.2, 0.25) is 0 Å². The van der Waals surface area contributed by atoms with Crippen LogP contribution in [0.3, 0.4) is 0 Å². The fourth-order valence-electron chi connectivity index (χ4n) is 2.77. The van der Waals surface area contributed by atoms with Crippen LogP contribution in [0.25, 0.3) is 11.4 Å². The zero-order valence-corrected chi connectivity index (χ0v) is 13.3. The number of amides is 3. The molecule has 0 saturated heterocycles. The van der Waals surface area contributed by atoms with Crippen molar-refractivity contribution in [3.05, 3.63) is 30.1 Å². The van der Waals surface area contributed by atoms with Gasteiger partial charge < -0.3 is 20.9 Å². The van der Waals surface area contributed by atoms with Gasteiger partial charge in [0.25, 0.3) is 0 Å². The number of aromatic nitrogens is 3. The van der Waals surface area contributed by atoms with Crippen LogP contribution in [0.4, 0.5) is 10.5 Å². The second-order valence-electron chi connectivity index (χ2n) is 5.75. The number of benzene rings is 1. The minimum absolute atomic E-state index is 0.158. The molecule has 0 saturated carbocycles. The van der Waals surface area contributed by atoms with Gasteiger partial charge in [0.05, 0.1) is 6.54 Å². The van der Waals surface area contributed by atoms with Crippen molar-refractivity contribution in [2.45, 2.75) is 32.2 Å². The molecule has 0 radical (unpaired) electrons. The maximum atomic E-state index is 11.7. The number of fused-ring (bicyclic) bond motifs is 1. The lowest BCUT2D eigenvalue weighted by molar-refractivity contribution is -0.115. The number of nitrogens with zero attached hydrogens (tertiary/aromatic N) is 3. The zero-order chi connectivity index (χ0) is 16.9. The van der Waals surface area contributed by atoms with E-state index in [1.54, 1.807) is 12.1 Å². The fraction of sp³-hybridized carbons (Fsp3) is 0.375. The Morgan fingerprint density at radius 3 is 2.67 bits per heavy atom. The van der Waals surface area contributed by atoms with Crippen molar-refractivity contribution in [2.24, 2.45) is 5.73 Å². The van der Waals surface area contributed by atoms with Gasteiger partial charge in [-0.1, -0.05) is 6.42 Å². The molecule has 1 aromatic carbocycles. The molecular formula is C16H20N6O2. The molecule has 126 valence electrons. The average Bonchev–Trinajstić information content (AvgIpc) is 2.82. The molecule has 0 atom stereocenters. The largest absolute Gasteiger partial charge is 0.352 e. The third kappa shape index (κ3) is 3.70. The van der Waals surface area contributed by atoms with E-state index in [1.807, 2.05) is 12.1 Å². The highest BCUT2D eigenvalue weighted by molar-refractivity contribution is 5.94. The molecule has 2 heterocycles. The van der Waals surface area contributed by atoms with E-state index in [2.05, 4.69) is 25.4 Å². The molecule has 0 fully saturated rings. The Bertz CT molecular complexity index is 738. The van der Waals surface area contributed by atoms with Gasteiger partial charge >= 0.3 is 6.03 Å². The molecule has 8 heteroatoms. The Balaban J connectivity index is 1.70. The standard InChI is InChI=1S/C16H20N6O2/c17-16(24)18-10-14(23)19-12-7-5-11(6-8-12)15-21-20-13-4-2-1-3-9-22(13)15/h5-8H,1-4,9-10H2,(H,19,23)(H3,17,18,24). The van der Waals surface area contributed by atoms with Gasteiger partial charge in [0.1, 0.15) is 5.82 Å². The van der Waals surface area contributed by atoms with Crippen molar-refractivity contribution in [3.8, 4) is 11.4 Å². The number of anilines is 1. The second-order valence-corrected chi connectivity index (χ2v) is 5.75. The van der Waals surface area contributed by atoms with E-state index in [9.17, 15) is 9.59 Å². The minimum Gasteiger partial charge on any atom is -0.352 e. The average molecular weight is 328 g/mol. The van der Waals surface area contributed by atoms with Crippen LogP contribution in [-0.2, 0) is 17.8 Å². The van der Waals surface area contributed by atoms with Crippen LogP contribution in [0.15, 0.2) is 24.3 Å². The molecule has 8 nitrogen and oxygen atoms in total. The highest BCUT2D eigenvalue weighted by Crippen LogP contribution is 2.23. The Morgan fingerprint density at radius 2 is 1.92 bits per heavy atom. The maximum absolute atomic E-state index is 11.7. The summed E-state index contributed by atoms with van der Waals surface area (Å²) in [5.74, 6) is 1.57. The number of rotatable bonds is 4. The van der Waals surface area contributed by atoms with E-state index in [-0.39, 0.29) is 12.5 Å². The number of urea groups is 1. The molecule has 0 bridgehead atoms. The predicted molar refractivity (Wildman–Crippen MR) is 89.2 cm³/mol. The summed E-state index contributed by atoms with van der Waals surface area (Å²) >= 11 is 0. The molecule has 24 heavy (non-hydrogen) atoms. The summed E-state index contributed by atoms with van der Waals surface area (Å²) in [5.41, 5.74) is 6.54. The van der Waals surface area contributed by atoms with Crippen molar-refractivity contribution in [1.29, 1.82) is 0 Å². The molecule has 2 aromatic rings. The van der Waals surface area contributed by atoms with Crippen LogP contribution in [-0.4, -0.2) is 33.2 Å². The summed E-state index contributed by atoms with van der Waals surface area (Å²) < 4.78 is 2.18. The van der Waals surface area contributed by atoms with Gasteiger partial charge in [-0.3, -0.25) is 4.79 Å². The molecular weight excluding hydrogens is 308 g/mol. The zero-order valence-electron chi connectivity index (χ0n) is 13.3. The third-order valence-electron chi connectivity index (χ3n) is 3.96. The monoisotopic (exact) mass is 328 g/mol. The van der Waals surface area contributed by atoms with Crippen LogP contribution in [0, 0.1) is 0 Å². The normalized spacial score (nSPS) is 13.7. The van der Waals surface area contributed by atoms with Gasteiger partial charge in [0.2, 0.25) is 5.91 Å². The molecule has 0 unspecified atom stereocenters. The van der Waals surface area contributed by atoms with E-state index in [0.717, 1.165) is 43.0 Å². The first-order valence-electron chi connectivity index (χ1n) is 7.99. The quantitative estimate of drug-likeness (QED) is 0.784. The Hall–Kier alpha value is -2.90. The van der Waals surface area contributed by atoms with E-state index in [1.165, 1.54) is 6.42 Å². The number of hydrogen-bond acceptors (Lipinski definition) is 4. The number of nitrogens with one attached hydrogen (secondary N) is 2. The summed E-state index contributed by atoms with van der Waals surface area (Å²) in [7, 11) is 0. The fourth-order valence-corrected chi connectivity index (χ4v) is 2.77. The highest BCUT2D eigenvalue weighted by Gasteiger charge is 2.15. The second kappa shape index (κ2) is 7.12. The third-order valence-corrected chi connectivity index (χ3v) is 3.96. The smallest absolute Gasteiger partial charge is 0.312 e. The van der Waals surface area contributed by atoms with Crippen molar-refractivity contribution in [1.82, 2.24) is 20.1 Å². The predicted octanol–water partition coefficient (Wildman–Crippen LogP) is 1.28.